The molecule has 1 aliphatic rings. The van der Waals surface area contributed by atoms with E-state index in [0.29, 0.717) is 12.5 Å². The van der Waals surface area contributed by atoms with Crippen LogP contribution >= 0.6 is 11.3 Å². The summed E-state index contributed by atoms with van der Waals surface area (Å²) in [4.78, 5) is 15.3. The van der Waals surface area contributed by atoms with Crippen LogP contribution in [0.25, 0.3) is 0 Å². The maximum absolute atomic E-state index is 12.6. The van der Waals surface area contributed by atoms with E-state index >= 15 is 0 Å². The normalized spacial score (nSPS) is 21.9. The lowest BCUT2D eigenvalue weighted by molar-refractivity contribution is 0.0694. The number of amides is 1. The Labute approximate surface area is 135 Å². The number of nitrogens with zero attached hydrogens (tertiary/aromatic N) is 1. The van der Waals surface area contributed by atoms with Crippen LogP contribution in [0.3, 0.4) is 0 Å². The molecule has 2 unspecified atom stereocenters. The quantitative estimate of drug-likeness (QED) is 0.924. The Morgan fingerprint density at radius 2 is 2.05 bits per heavy atom. The molecule has 1 fully saturated rings. The Morgan fingerprint density at radius 3 is 2.73 bits per heavy atom. The van der Waals surface area contributed by atoms with Crippen molar-refractivity contribution in [3.63, 3.8) is 0 Å². The molecule has 2 aromatic rings. The standard InChI is InChI=1S/C18H22N2OS/c1-12-5-6-14(8-13(12)2)15-9-16(19)11-20(10-15)18(21)17-4-3-7-22-17/h3-8,15-16H,9-11,19H2,1-2H3. The second-order valence-electron chi connectivity index (χ2n) is 6.22. The summed E-state index contributed by atoms with van der Waals surface area (Å²) >= 11 is 1.50. The number of nitrogens with two attached hydrogens (primary N) is 1. The molecule has 2 atom stereocenters. The van der Waals surface area contributed by atoms with Gasteiger partial charge in [-0.3, -0.25) is 4.79 Å². The van der Waals surface area contributed by atoms with E-state index < -0.39 is 0 Å². The number of hydrogen-bond acceptors (Lipinski definition) is 3. The van der Waals surface area contributed by atoms with Gasteiger partial charge in [0.15, 0.2) is 0 Å². The molecular formula is C18H22N2OS. The topological polar surface area (TPSA) is 46.3 Å². The van der Waals surface area contributed by atoms with Gasteiger partial charge < -0.3 is 10.6 Å². The Morgan fingerprint density at radius 1 is 1.23 bits per heavy atom. The van der Waals surface area contributed by atoms with Crippen LogP contribution in [0.4, 0.5) is 0 Å². The third kappa shape index (κ3) is 3.08. The van der Waals surface area contributed by atoms with Crippen molar-refractivity contribution in [3.05, 3.63) is 57.3 Å². The van der Waals surface area contributed by atoms with E-state index in [1.807, 2.05) is 22.4 Å². The van der Waals surface area contributed by atoms with Crippen LogP contribution in [0.1, 0.15) is 38.7 Å². The summed E-state index contributed by atoms with van der Waals surface area (Å²) in [6.45, 7) is 5.67. The zero-order valence-corrected chi connectivity index (χ0v) is 13.9. The molecule has 22 heavy (non-hydrogen) atoms. The zero-order valence-electron chi connectivity index (χ0n) is 13.1. The van der Waals surface area contributed by atoms with Crippen molar-refractivity contribution < 1.29 is 4.79 Å². The van der Waals surface area contributed by atoms with Gasteiger partial charge >= 0.3 is 0 Å². The first kappa shape index (κ1) is 15.3. The Balaban J connectivity index is 1.81. The number of piperidine rings is 1. The van der Waals surface area contributed by atoms with Crippen molar-refractivity contribution in [2.24, 2.45) is 5.73 Å². The molecule has 1 aliphatic heterocycles. The number of carbonyl (C=O) groups excluding carboxylic acids is 1. The minimum absolute atomic E-state index is 0.0456. The van der Waals surface area contributed by atoms with Gasteiger partial charge in [-0.15, -0.1) is 11.3 Å². The highest BCUT2D eigenvalue weighted by Gasteiger charge is 2.30. The first-order chi connectivity index (χ1) is 10.5. The fourth-order valence-electron chi connectivity index (χ4n) is 3.12. The summed E-state index contributed by atoms with van der Waals surface area (Å²) in [5.41, 5.74) is 10.1. The first-order valence-corrected chi connectivity index (χ1v) is 8.58. The lowest BCUT2D eigenvalue weighted by Gasteiger charge is -2.36. The molecule has 1 aromatic carbocycles. The third-order valence-electron chi connectivity index (χ3n) is 4.50. The number of likely N-dealkylation sites (tertiary alicyclic amines) is 1. The molecule has 2 heterocycles. The fraction of sp³-hybridized carbons (Fsp3) is 0.389. The number of carbonyl (C=O) groups is 1. The summed E-state index contributed by atoms with van der Waals surface area (Å²) in [5.74, 6) is 0.436. The average molecular weight is 314 g/mol. The van der Waals surface area contributed by atoms with Crippen LogP contribution in [0.2, 0.25) is 0 Å². The molecule has 116 valence electrons. The lowest BCUT2D eigenvalue weighted by Crippen LogP contribution is -2.48. The lowest BCUT2D eigenvalue weighted by atomic mass is 9.87. The minimum Gasteiger partial charge on any atom is -0.336 e. The summed E-state index contributed by atoms with van der Waals surface area (Å²) in [7, 11) is 0. The second-order valence-corrected chi connectivity index (χ2v) is 7.17. The van der Waals surface area contributed by atoms with Crippen molar-refractivity contribution in [2.75, 3.05) is 13.1 Å². The van der Waals surface area contributed by atoms with Crippen LogP contribution in [-0.4, -0.2) is 29.9 Å². The molecule has 1 saturated heterocycles. The second kappa shape index (κ2) is 6.23. The van der Waals surface area contributed by atoms with E-state index in [-0.39, 0.29) is 11.9 Å². The van der Waals surface area contributed by atoms with Gasteiger partial charge in [0.1, 0.15) is 0 Å². The maximum atomic E-state index is 12.6. The molecule has 3 rings (SSSR count). The van der Waals surface area contributed by atoms with Gasteiger partial charge in [-0.25, -0.2) is 0 Å². The predicted molar refractivity (Wildman–Crippen MR) is 91.5 cm³/mol. The Bertz CT molecular complexity index is 666. The molecule has 1 aromatic heterocycles. The van der Waals surface area contributed by atoms with Gasteiger partial charge in [-0.05, 0) is 48.4 Å². The predicted octanol–water partition coefficient (Wildman–Crippen LogP) is 3.32. The minimum atomic E-state index is 0.0456. The molecule has 0 spiro atoms. The highest BCUT2D eigenvalue weighted by atomic mass is 32.1. The molecule has 0 aliphatic carbocycles. The fourth-order valence-corrected chi connectivity index (χ4v) is 3.81. The van der Waals surface area contributed by atoms with Gasteiger partial charge in [-0.1, -0.05) is 24.3 Å². The monoisotopic (exact) mass is 314 g/mol. The van der Waals surface area contributed by atoms with Gasteiger partial charge in [0.25, 0.3) is 5.91 Å². The average Bonchev–Trinajstić information content (AvgIpc) is 3.03. The highest BCUT2D eigenvalue weighted by Crippen LogP contribution is 2.29. The molecular weight excluding hydrogens is 292 g/mol. The van der Waals surface area contributed by atoms with Crippen molar-refractivity contribution in [1.29, 1.82) is 0 Å². The van der Waals surface area contributed by atoms with Crippen LogP contribution < -0.4 is 5.73 Å². The molecule has 4 heteroatoms. The largest absolute Gasteiger partial charge is 0.336 e. The van der Waals surface area contributed by atoms with Crippen LogP contribution in [0, 0.1) is 13.8 Å². The summed E-state index contributed by atoms with van der Waals surface area (Å²) in [6, 6.07) is 10.4. The molecule has 0 bridgehead atoms. The molecule has 3 nitrogen and oxygen atoms in total. The van der Waals surface area contributed by atoms with Gasteiger partial charge in [0, 0.05) is 25.0 Å². The molecule has 0 radical (unpaired) electrons. The number of hydrogen-bond donors (Lipinski definition) is 1. The number of rotatable bonds is 2. The van der Waals surface area contributed by atoms with E-state index in [1.165, 1.54) is 28.0 Å². The number of thiophene rings is 1. The number of benzene rings is 1. The van der Waals surface area contributed by atoms with E-state index in [4.69, 9.17) is 5.73 Å². The highest BCUT2D eigenvalue weighted by molar-refractivity contribution is 7.12. The van der Waals surface area contributed by atoms with Gasteiger partial charge in [0.05, 0.1) is 4.88 Å². The van der Waals surface area contributed by atoms with Crippen LogP contribution in [-0.2, 0) is 0 Å². The Hall–Kier alpha value is -1.65. The van der Waals surface area contributed by atoms with E-state index in [9.17, 15) is 4.79 Å². The van der Waals surface area contributed by atoms with E-state index in [2.05, 4.69) is 32.0 Å². The first-order valence-electron chi connectivity index (χ1n) is 7.70. The van der Waals surface area contributed by atoms with E-state index in [1.54, 1.807) is 0 Å². The summed E-state index contributed by atoms with van der Waals surface area (Å²) in [5, 5.41) is 1.94. The third-order valence-corrected chi connectivity index (χ3v) is 5.36. The van der Waals surface area contributed by atoms with E-state index in [0.717, 1.165) is 17.8 Å². The van der Waals surface area contributed by atoms with Crippen molar-refractivity contribution in [2.45, 2.75) is 32.2 Å². The van der Waals surface area contributed by atoms with Gasteiger partial charge in [-0.2, -0.15) is 0 Å². The van der Waals surface area contributed by atoms with Crippen molar-refractivity contribution in [1.82, 2.24) is 4.90 Å². The maximum Gasteiger partial charge on any atom is 0.263 e. The van der Waals surface area contributed by atoms with Crippen LogP contribution in [0.5, 0.6) is 0 Å². The summed E-state index contributed by atoms with van der Waals surface area (Å²) in [6.07, 6.45) is 0.941. The molecule has 1 amide bonds. The number of aryl methyl sites for hydroxylation is 2. The molecule has 0 saturated carbocycles. The Kier molecular flexibility index (Phi) is 4.32. The SMILES string of the molecule is Cc1ccc(C2CC(N)CN(C(=O)c3cccs3)C2)cc1C. The smallest absolute Gasteiger partial charge is 0.263 e. The molecule has 2 N–H and O–H groups in total. The zero-order chi connectivity index (χ0) is 15.7. The van der Waals surface area contributed by atoms with Crippen molar-refractivity contribution >= 4 is 17.2 Å². The van der Waals surface area contributed by atoms with Gasteiger partial charge in [0.2, 0.25) is 0 Å². The summed E-state index contributed by atoms with van der Waals surface area (Å²) < 4.78 is 0. The van der Waals surface area contributed by atoms with Crippen molar-refractivity contribution in [3.8, 4) is 0 Å². The van der Waals surface area contributed by atoms with Crippen LogP contribution in [0.15, 0.2) is 35.7 Å².